The summed E-state index contributed by atoms with van der Waals surface area (Å²) in [5.41, 5.74) is 8.04. The fraction of sp³-hybridized carbons (Fsp3) is 0.350. The Morgan fingerprint density at radius 2 is 1.78 bits per heavy atom. The van der Waals surface area contributed by atoms with Gasteiger partial charge in [-0.3, -0.25) is 4.79 Å². The number of likely N-dealkylation sites (tertiary alicyclic amines) is 1. The highest BCUT2D eigenvalue weighted by Crippen LogP contribution is 2.32. The van der Waals surface area contributed by atoms with Gasteiger partial charge in [-0.1, -0.05) is 42.5 Å². The van der Waals surface area contributed by atoms with Gasteiger partial charge in [-0.25, -0.2) is 0 Å². The van der Waals surface area contributed by atoms with Crippen molar-refractivity contribution in [1.29, 1.82) is 0 Å². The molecule has 148 valence electrons. The van der Waals surface area contributed by atoms with E-state index in [1.807, 2.05) is 47.4 Å². The number of para-hydroxylation sites is 2. The number of nitrogens with two attached hydrogens (primary N) is 1. The summed E-state index contributed by atoms with van der Waals surface area (Å²) < 4.78 is 5.31. The molecule has 0 radical (unpaired) electrons. The van der Waals surface area contributed by atoms with Crippen LogP contribution in [0.2, 0.25) is 0 Å². The first-order valence-corrected chi connectivity index (χ1v) is 8.62. The maximum absolute atomic E-state index is 12.6. The van der Waals surface area contributed by atoms with Gasteiger partial charge in [-0.2, -0.15) is 0 Å². The first-order valence-electron chi connectivity index (χ1n) is 8.62. The molecule has 1 aliphatic rings. The van der Waals surface area contributed by atoms with Gasteiger partial charge in [0.1, 0.15) is 5.75 Å². The molecule has 0 saturated carbocycles. The molecule has 2 atom stereocenters. The average molecular weight is 412 g/mol. The second-order valence-electron chi connectivity index (χ2n) is 6.37. The van der Waals surface area contributed by atoms with E-state index in [9.17, 15) is 4.79 Å². The van der Waals surface area contributed by atoms with Gasteiger partial charge < -0.3 is 20.7 Å². The summed E-state index contributed by atoms with van der Waals surface area (Å²) in [7, 11) is 1.62. The predicted octanol–water partition coefficient (Wildman–Crippen LogP) is 3.15. The largest absolute Gasteiger partial charge is 0.495 e. The lowest BCUT2D eigenvalue weighted by Gasteiger charge is -2.18. The Bertz CT molecular complexity index is 715. The van der Waals surface area contributed by atoms with Gasteiger partial charge >= 0.3 is 0 Å². The van der Waals surface area contributed by atoms with Crippen LogP contribution < -0.4 is 15.8 Å². The second kappa shape index (κ2) is 11.0. The molecule has 0 unspecified atom stereocenters. The Hall–Kier alpha value is -1.95. The van der Waals surface area contributed by atoms with E-state index in [2.05, 4.69) is 17.4 Å². The van der Waals surface area contributed by atoms with Crippen molar-refractivity contribution in [3.63, 3.8) is 0 Å². The standard InChI is InChI=1S/C20H25N3O2.2ClH/c1-25-19-10-6-5-9-18(19)22-12-20(24)23-13-16(11-21)17(14-23)15-7-3-2-4-8-15;;/h2-10,16-17,22H,11-14,21H2,1H3;2*1H/t16-,17+;;/m1../s1. The van der Waals surface area contributed by atoms with Crippen LogP contribution in [0.25, 0.3) is 0 Å². The third kappa shape index (κ3) is 5.51. The number of hydrogen-bond acceptors (Lipinski definition) is 4. The average Bonchev–Trinajstić information content (AvgIpc) is 3.11. The molecule has 2 aromatic rings. The van der Waals surface area contributed by atoms with E-state index in [0.29, 0.717) is 24.9 Å². The van der Waals surface area contributed by atoms with Crippen LogP contribution in [0.1, 0.15) is 11.5 Å². The minimum absolute atomic E-state index is 0. The fourth-order valence-electron chi connectivity index (χ4n) is 3.46. The van der Waals surface area contributed by atoms with E-state index >= 15 is 0 Å². The molecule has 5 nitrogen and oxygen atoms in total. The highest BCUT2D eigenvalue weighted by molar-refractivity contribution is 5.85. The Kier molecular flexibility index (Phi) is 9.43. The minimum Gasteiger partial charge on any atom is -0.495 e. The number of nitrogens with one attached hydrogen (secondary N) is 1. The predicted molar refractivity (Wildman–Crippen MR) is 114 cm³/mol. The van der Waals surface area contributed by atoms with Crippen LogP contribution in [-0.4, -0.2) is 44.1 Å². The lowest BCUT2D eigenvalue weighted by Crippen LogP contribution is -2.34. The number of hydrogen-bond donors (Lipinski definition) is 2. The molecule has 1 heterocycles. The first kappa shape index (κ1) is 23.1. The molecule has 0 aromatic heterocycles. The third-order valence-electron chi connectivity index (χ3n) is 4.86. The van der Waals surface area contributed by atoms with E-state index in [1.165, 1.54) is 5.56 Å². The van der Waals surface area contributed by atoms with Crippen molar-refractivity contribution >= 4 is 36.4 Å². The molecular weight excluding hydrogens is 385 g/mol. The van der Waals surface area contributed by atoms with E-state index in [4.69, 9.17) is 10.5 Å². The number of carbonyl (C=O) groups is 1. The maximum atomic E-state index is 12.6. The zero-order valence-electron chi connectivity index (χ0n) is 15.3. The minimum atomic E-state index is 0. The summed E-state index contributed by atoms with van der Waals surface area (Å²) in [5.74, 6) is 1.43. The molecule has 27 heavy (non-hydrogen) atoms. The van der Waals surface area contributed by atoms with Crippen LogP contribution in [0.4, 0.5) is 5.69 Å². The van der Waals surface area contributed by atoms with Gasteiger partial charge in [-0.15, -0.1) is 24.8 Å². The summed E-state index contributed by atoms with van der Waals surface area (Å²) in [6.45, 7) is 2.27. The summed E-state index contributed by atoms with van der Waals surface area (Å²) >= 11 is 0. The van der Waals surface area contributed by atoms with Crippen molar-refractivity contribution in [2.45, 2.75) is 5.92 Å². The number of rotatable bonds is 6. The van der Waals surface area contributed by atoms with E-state index in [1.54, 1.807) is 7.11 Å². The molecular formula is C20H27Cl2N3O2. The van der Waals surface area contributed by atoms with Crippen LogP contribution in [0, 0.1) is 5.92 Å². The summed E-state index contributed by atoms with van der Waals surface area (Å²) in [4.78, 5) is 14.6. The van der Waals surface area contributed by atoms with Crippen LogP contribution in [-0.2, 0) is 4.79 Å². The molecule has 3 rings (SSSR count). The second-order valence-corrected chi connectivity index (χ2v) is 6.37. The molecule has 1 saturated heterocycles. The summed E-state index contributed by atoms with van der Waals surface area (Å²) in [5, 5.41) is 3.18. The van der Waals surface area contributed by atoms with Gasteiger partial charge in [0.2, 0.25) is 5.91 Å². The number of methoxy groups -OCH3 is 1. The van der Waals surface area contributed by atoms with Crippen LogP contribution in [0.15, 0.2) is 54.6 Å². The third-order valence-corrected chi connectivity index (χ3v) is 4.86. The summed E-state index contributed by atoms with van der Waals surface area (Å²) in [6, 6.07) is 17.9. The molecule has 2 aromatic carbocycles. The molecule has 0 bridgehead atoms. The highest BCUT2D eigenvalue weighted by Gasteiger charge is 2.34. The molecule has 7 heteroatoms. The highest BCUT2D eigenvalue weighted by atomic mass is 35.5. The maximum Gasteiger partial charge on any atom is 0.241 e. The van der Waals surface area contributed by atoms with Gasteiger partial charge in [0.25, 0.3) is 0 Å². The molecule has 1 aliphatic heterocycles. The molecule has 3 N–H and O–H groups in total. The number of ether oxygens (including phenoxy) is 1. The smallest absolute Gasteiger partial charge is 0.241 e. The van der Waals surface area contributed by atoms with Gasteiger partial charge in [0.05, 0.1) is 19.3 Å². The number of amides is 1. The topological polar surface area (TPSA) is 67.6 Å². The molecule has 1 amide bonds. The van der Waals surface area contributed by atoms with Crippen LogP contribution >= 0.6 is 24.8 Å². The SMILES string of the molecule is COc1ccccc1NCC(=O)N1C[C@@H](CN)[C@H](c2ccccc2)C1.Cl.Cl. The zero-order chi connectivity index (χ0) is 17.6. The van der Waals surface area contributed by atoms with Gasteiger partial charge in [0.15, 0.2) is 0 Å². The number of halogens is 2. The fourth-order valence-corrected chi connectivity index (χ4v) is 3.46. The van der Waals surface area contributed by atoms with Crippen molar-refractivity contribution in [1.82, 2.24) is 4.90 Å². The number of benzene rings is 2. The van der Waals surface area contributed by atoms with Crippen molar-refractivity contribution in [2.24, 2.45) is 11.7 Å². The van der Waals surface area contributed by atoms with Crippen molar-refractivity contribution < 1.29 is 9.53 Å². The van der Waals surface area contributed by atoms with E-state index < -0.39 is 0 Å². The number of anilines is 1. The Labute approximate surface area is 173 Å². The lowest BCUT2D eigenvalue weighted by molar-refractivity contribution is -0.128. The Balaban J connectivity index is 0.00000182. The van der Waals surface area contributed by atoms with Gasteiger partial charge in [-0.05, 0) is 30.2 Å². The molecule has 1 fully saturated rings. The van der Waals surface area contributed by atoms with Crippen LogP contribution in [0.3, 0.4) is 0 Å². The Morgan fingerprint density at radius 3 is 2.44 bits per heavy atom. The number of carbonyl (C=O) groups excluding carboxylic acids is 1. The monoisotopic (exact) mass is 411 g/mol. The van der Waals surface area contributed by atoms with Crippen molar-refractivity contribution in [2.75, 3.05) is 38.6 Å². The van der Waals surface area contributed by atoms with E-state index in [0.717, 1.165) is 18.0 Å². The quantitative estimate of drug-likeness (QED) is 0.765. The van der Waals surface area contributed by atoms with Crippen molar-refractivity contribution in [3.05, 3.63) is 60.2 Å². The Morgan fingerprint density at radius 1 is 1.11 bits per heavy atom. The molecule has 0 spiro atoms. The number of nitrogens with zero attached hydrogens (tertiary/aromatic N) is 1. The molecule has 0 aliphatic carbocycles. The lowest BCUT2D eigenvalue weighted by atomic mass is 9.89. The van der Waals surface area contributed by atoms with Gasteiger partial charge in [0, 0.05) is 19.0 Å². The zero-order valence-corrected chi connectivity index (χ0v) is 17.0. The summed E-state index contributed by atoms with van der Waals surface area (Å²) in [6.07, 6.45) is 0. The normalized spacial score (nSPS) is 18.2. The van der Waals surface area contributed by atoms with Crippen LogP contribution in [0.5, 0.6) is 5.75 Å². The first-order chi connectivity index (χ1) is 12.2. The van der Waals surface area contributed by atoms with E-state index in [-0.39, 0.29) is 37.3 Å². The van der Waals surface area contributed by atoms with Crippen molar-refractivity contribution in [3.8, 4) is 5.75 Å².